The number of pyridine rings is 1. The lowest BCUT2D eigenvalue weighted by atomic mass is 9.87. The number of aromatic nitrogens is 1. The van der Waals surface area contributed by atoms with Gasteiger partial charge in [-0.25, -0.2) is 9.78 Å². The lowest BCUT2D eigenvalue weighted by Crippen LogP contribution is -2.47. The molecular weight excluding hydrogens is 365 g/mol. The first-order valence-electron chi connectivity index (χ1n) is 8.79. The summed E-state index contributed by atoms with van der Waals surface area (Å²) in [6.07, 6.45) is 0.322. The molecule has 1 aromatic heterocycles. The van der Waals surface area contributed by atoms with Gasteiger partial charge in [-0.2, -0.15) is 13.2 Å². The average Bonchev–Trinajstić information content (AvgIpc) is 2.95. The number of carboxylic acids is 1. The number of carboxylic acid groups (broad SMARTS) is 1. The van der Waals surface area contributed by atoms with Gasteiger partial charge in [-0.1, -0.05) is 13.0 Å². The Kier molecular flexibility index (Phi) is 7.05. The molecule has 0 saturated carbocycles. The van der Waals surface area contributed by atoms with Crippen LogP contribution in [0.3, 0.4) is 0 Å². The maximum atomic E-state index is 10.6. The number of alkyl halides is 3. The maximum Gasteiger partial charge on any atom is 0.490 e. The molecule has 0 radical (unpaired) electrons. The molecule has 9 heteroatoms. The number of piperidine rings is 1. The predicted molar refractivity (Wildman–Crippen MR) is 91.5 cm³/mol. The molecule has 0 aliphatic carbocycles. The van der Waals surface area contributed by atoms with Crippen molar-refractivity contribution in [2.45, 2.75) is 44.5 Å². The number of rotatable bonds is 3. The molecule has 2 saturated heterocycles. The molecule has 1 N–H and O–H groups in total. The second kappa shape index (κ2) is 8.88. The third kappa shape index (κ3) is 6.07. The number of hydrogen-bond donors (Lipinski definition) is 1. The molecule has 3 rings (SSSR count). The molecule has 27 heavy (non-hydrogen) atoms. The van der Waals surface area contributed by atoms with Gasteiger partial charge in [-0.05, 0) is 37.8 Å². The zero-order valence-corrected chi connectivity index (χ0v) is 15.5. The largest absolute Gasteiger partial charge is 0.490 e. The summed E-state index contributed by atoms with van der Waals surface area (Å²) in [5.74, 6) is -1.32. The molecule has 2 unspecified atom stereocenters. The van der Waals surface area contributed by atoms with Crippen LogP contribution in [0, 0.1) is 5.92 Å². The van der Waals surface area contributed by atoms with Crippen molar-refractivity contribution < 1.29 is 32.5 Å². The highest BCUT2D eigenvalue weighted by molar-refractivity contribution is 5.73. The summed E-state index contributed by atoms with van der Waals surface area (Å²) in [7, 11) is 1.69. The standard InChI is InChI=1S/C16H24N2O2.C2HF3O2/c1-13-9-16(20-11-13)6-4-8-18(12-16)10-14-5-3-7-17-15(14)19-2;3-2(4,5)1(6)7/h3,5,7,13H,4,6,8-12H2,1-2H3;(H,6,7). The van der Waals surface area contributed by atoms with E-state index in [0.29, 0.717) is 5.92 Å². The van der Waals surface area contributed by atoms with E-state index < -0.39 is 12.1 Å². The van der Waals surface area contributed by atoms with Crippen molar-refractivity contribution >= 4 is 5.97 Å². The van der Waals surface area contributed by atoms with E-state index in [1.807, 2.05) is 6.07 Å². The van der Waals surface area contributed by atoms with E-state index in [2.05, 4.69) is 22.9 Å². The summed E-state index contributed by atoms with van der Waals surface area (Å²) in [6.45, 7) is 6.28. The van der Waals surface area contributed by atoms with Gasteiger partial charge in [0.15, 0.2) is 0 Å². The second-order valence-corrected chi connectivity index (χ2v) is 7.09. The van der Waals surface area contributed by atoms with Crippen molar-refractivity contribution in [1.82, 2.24) is 9.88 Å². The van der Waals surface area contributed by atoms with Crippen molar-refractivity contribution in [2.24, 2.45) is 5.92 Å². The van der Waals surface area contributed by atoms with Crippen molar-refractivity contribution in [3.8, 4) is 5.88 Å². The van der Waals surface area contributed by atoms with Crippen LogP contribution in [0.5, 0.6) is 5.88 Å². The van der Waals surface area contributed by atoms with Crippen LogP contribution < -0.4 is 4.74 Å². The number of hydrogen-bond acceptors (Lipinski definition) is 5. The lowest BCUT2D eigenvalue weighted by molar-refractivity contribution is -0.192. The van der Waals surface area contributed by atoms with E-state index in [1.165, 1.54) is 19.3 Å². The molecule has 2 fully saturated rings. The molecule has 6 nitrogen and oxygen atoms in total. The average molecular weight is 390 g/mol. The number of aliphatic carboxylic acids is 1. The quantitative estimate of drug-likeness (QED) is 0.855. The monoisotopic (exact) mass is 390 g/mol. The third-order valence-corrected chi connectivity index (χ3v) is 4.69. The molecule has 0 aromatic carbocycles. The Morgan fingerprint density at radius 2 is 2.22 bits per heavy atom. The van der Waals surface area contributed by atoms with Gasteiger partial charge in [0.25, 0.3) is 0 Å². The number of halogens is 3. The number of ether oxygens (including phenoxy) is 2. The zero-order chi connectivity index (χ0) is 20.1. The fraction of sp³-hybridized carbons (Fsp3) is 0.667. The van der Waals surface area contributed by atoms with Gasteiger partial charge in [0.2, 0.25) is 5.88 Å². The van der Waals surface area contributed by atoms with E-state index in [-0.39, 0.29) is 5.60 Å². The summed E-state index contributed by atoms with van der Waals surface area (Å²) in [4.78, 5) is 15.7. The third-order valence-electron chi connectivity index (χ3n) is 4.69. The number of nitrogens with zero attached hydrogens (tertiary/aromatic N) is 2. The molecular formula is C18H25F3N2O4. The smallest absolute Gasteiger partial charge is 0.481 e. The van der Waals surface area contributed by atoms with E-state index in [0.717, 1.165) is 37.7 Å². The summed E-state index contributed by atoms with van der Waals surface area (Å²) >= 11 is 0. The van der Waals surface area contributed by atoms with Gasteiger partial charge in [-0.3, -0.25) is 4.90 Å². The number of carbonyl (C=O) groups is 1. The van der Waals surface area contributed by atoms with Crippen LogP contribution in [-0.4, -0.2) is 59.5 Å². The number of methoxy groups -OCH3 is 1. The number of likely N-dealkylation sites (tertiary alicyclic amines) is 1. The summed E-state index contributed by atoms with van der Waals surface area (Å²) in [6, 6.07) is 4.08. The Balaban J connectivity index is 0.000000321. The minimum atomic E-state index is -5.08. The first-order chi connectivity index (χ1) is 12.6. The Morgan fingerprint density at radius 3 is 2.78 bits per heavy atom. The SMILES string of the molecule is COc1ncccc1CN1CCCC2(CC(C)CO2)C1.O=C(O)C(F)(F)F. The lowest BCUT2D eigenvalue weighted by Gasteiger charge is -2.39. The summed E-state index contributed by atoms with van der Waals surface area (Å²) in [5.41, 5.74) is 1.27. The molecule has 1 spiro atoms. The fourth-order valence-corrected chi connectivity index (χ4v) is 3.65. The highest BCUT2D eigenvalue weighted by Gasteiger charge is 2.42. The Labute approximate surface area is 156 Å². The van der Waals surface area contributed by atoms with Gasteiger partial charge < -0.3 is 14.6 Å². The molecule has 152 valence electrons. The van der Waals surface area contributed by atoms with Crippen LogP contribution in [0.4, 0.5) is 13.2 Å². The van der Waals surface area contributed by atoms with Crippen LogP contribution in [0.2, 0.25) is 0 Å². The van der Waals surface area contributed by atoms with Crippen LogP contribution in [0.1, 0.15) is 31.7 Å². The van der Waals surface area contributed by atoms with E-state index in [4.69, 9.17) is 19.4 Å². The topological polar surface area (TPSA) is 71.9 Å². The molecule has 2 aliphatic rings. The van der Waals surface area contributed by atoms with Crippen LogP contribution in [-0.2, 0) is 16.1 Å². The minimum Gasteiger partial charge on any atom is -0.481 e. The first-order valence-corrected chi connectivity index (χ1v) is 8.79. The maximum absolute atomic E-state index is 10.6. The normalized spacial score (nSPS) is 25.7. The van der Waals surface area contributed by atoms with Gasteiger partial charge in [-0.15, -0.1) is 0 Å². The van der Waals surface area contributed by atoms with Crippen LogP contribution in [0.15, 0.2) is 18.3 Å². The van der Waals surface area contributed by atoms with Crippen molar-refractivity contribution in [3.63, 3.8) is 0 Å². The Bertz CT molecular complexity index is 637. The highest BCUT2D eigenvalue weighted by atomic mass is 19.4. The molecule has 2 aliphatic heterocycles. The van der Waals surface area contributed by atoms with E-state index in [1.54, 1.807) is 13.3 Å². The van der Waals surface area contributed by atoms with Crippen molar-refractivity contribution in [1.29, 1.82) is 0 Å². The minimum absolute atomic E-state index is 0.104. The van der Waals surface area contributed by atoms with Gasteiger partial charge in [0.1, 0.15) is 0 Å². The van der Waals surface area contributed by atoms with Gasteiger partial charge in [0.05, 0.1) is 19.3 Å². The van der Waals surface area contributed by atoms with Crippen molar-refractivity contribution in [3.05, 3.63) is 23.9 Å². The van der Waals surface area contributed by atoms with Crippen molar-refractivity contribution in [2.75, 3.05) is 26.8 Å². The van der Waals surface area contributed by atoms with E-state index >= 15 is 0 Å². The highest BCUT2D eigenvalue weighted by Crippen LogP contribution is 2.37. The van der Waals surface area contributed by atoms with Gasteiger partial charge >= 0.3 is 12.1 Å². The second-order valence-electron chi connectivity index (χ2n) is 7.09. The summed E-state index contributed by atoms with van der Waals surface area (Å²) < 4.78 is 43.2. The molecule has 0 amide bonds. The van der Waals surface area contributed by atoms with E-state index in [9.17, 15) is 13.2 Å². The summed E-state index contributed by atoms with van der Waals surface area (Å²) in [5, 5.41) is 7.12. The van der Waals surface area contributed by atoms with Gasteiger partial charge in [0, 0.05) is 24.8 Å². The molecule has 2 atom stereocenters. The Hall–Kier alpha value is -1.87. The first kappa shape index (κ1) is 21.4. The predicted octanol–water partition coefficient (Wildman–Crippen LogP) is 3.11. The van der Waals surface area contributed by atoms with Crippen LogP contribution in [0.25, 0.3) is 0 Å². The Morgan fingerprint density at radius 1 is 1.52 bits per heavy atom. The zero-order valence-electron chi connectivity index (χ0n) is 15.5. The fourth-order valence-electron chi connectivity index (χ4n) is 3.65. The molecule has 0 bridgehead atoms. The molecule has 3 heterocycles. The molecule has 1 aromatic rings. The van der Waals surface area contributed by atoms with Crippen LogP contribution >= 0.6 is 0 Å².